The minimum Gasteiger partial charge on any atom is -0.497 e. The summed E-state index contributed by atoms with van der Waals surface area (Å²) in [6, 6.07) is 10.3. The van der Waals surface area contributed by atoms with E-state index in [0.717, 1.165) is 37.0 Å². The van der Waals surface area contributed by atoms with Gasteiger partial charge in [-0.3, -0.25) is 4.79 Å². The molecule has 6 atom stereocenters. The third kappa shape index (κ3) is 1.95. The average molecular weight is 389 g/mol. The van der Waals surface area contributed by atoms with Crippen LogP contribution < -0.4 is 4.74 Å². The molecule has 0 unspecified atom stereocenters. The average Bonchev–Trinajstić information content (AvgIpc) is 3.12. The van der Waals surface area contributed by atoms with Crippen LogP contribution in [0, 0.1) is 34.0 Å². The third-order valence-electron chi connectivity index (χ3n) is 8.79. The molecule has 0 amide bonds. The van der Waals surface area contributed by atoms with Gasteiger partial charge in [0.2, 0.25) is 0 Å². The van der Waals surface area contributed by atoms with Crippen molar-refractivity contribution in [2.24, 2.45) is 22.7 Å². The number of ether oxygens (including phenoxy) is 1. The van der Waals surface area contributed by atoms with Crippen LogP contribution in [0.25, 0.3) is 0 Å². The third-order valence-corrected chi connectivity index (χ3v) is 8.79. The summed E-state index contributed by atoms with van der Waals surface area (Å²) in [5, 5.41) is 21.1. The molecule has 4 aliphatic rings. The van der Waals surface area contributed by atoms with Crippen molar-refractivity contribution in [3.8, 4) is 11.8 Å². The van der Waals surface area contributed by atoms with Gasteiger partial charge in [-0.1, -0.05) is 44.1 Å². The van der Waals surface area contributed by atoms with Gasteiger partial charge in [-0.25, -0.2) is 0 Å². The summed E-state index contributed by atoms with van der Waals surface area (Å²) in [6.45, 7) is 2.31. The van der Waals surface area contributed by atoms with E-state index in [1.807, 2.05) is 12.1 Å². The quantitative estimate of drug-likeness (QED) is 0.790. The maximum absolute atomic E-state index is 13.4. The largest absolute Gasteiger partial charge is 0.497 e. The molecule has 1 N–H and O–H groups in total. The van der Waals surface area contributed by atoms with Crippen LogP contribution >= 0.6 is 0 Å². The minimum absolute atomic E-state index is 0.0162. The number of rotatable bonds is 3. The van der Waals surface area contributed by atoms with Gasteiger partial charge in [-0.05, 0) is 48.1 Å². The summed E-state index contributed by atoms with van der Waals surface area (Å²) in [4.78, 5) is 13.4. The fourth-order valence-electron chi connectivity index (χ4n) is 7.65. The summed E-state index contributed by atoms with van der Waals surface area (Å²) in [5.74, 6) is 0.238. The highest BCUT2D eigenvalue weighted by Gasteiger charge is 2.79. The van der Waals surface area contributed by atoms with E-state index in [2.05, 4.69) is 37.3 Å². The normalized spacial score (nSPS) is 44.3. The van der Waals surface area contributed by atoms with E-state index in [0.29, 0.717) is 0 Å². The lowest BCUT2D eigenvalue weighted by Gasteiger charge is -2.52. The summed E-state index contributed by atoms with van der Waals surface area (Å²) in [7, 11) is 1.65. The number of benzene rings is 1. The minimum atomic E-state index is -1.27. The van der Waals surface area contributed by atoms with Gasteiger partial charge in [0.15, 0.2) is 5.78 Å². The first-order valence-electron chi connectivity index (χ1n) is 10.6. The predicted molar refractivity (Wildman–Crippen MR) is 109 cm³/mol. The van der Waals surface area contributed by atoms with Crippen LogP contribution in [0.15, 0.2) is 48.6 Å². The number of nitrogens with zero attached hydrogens (tertiary/aromatic N) is 1. The Bertz CT molecular complexity index is 973. The Morgan fingerprint density at radius 2 is 1.90 bits per heavy atom. The van der Waals surface area contributed by atoms with E-state index < -0.39 is 11.0 Å². The van der Waals surface area contributed by atoms with Crippen LogP contribution in [0.2, 0.25) is 0 Å². The number of hydrogen-bond acceptors (Lipinski definition) is 4. The Hall–Kier alpha value is -2.38. The van der Waals surface area contributed by atoms with Crippen LogP contribution in [0.5, 0.6) is 5.75 Å². The zero-order chi connectivity index (χ0) is 20.5. The van der Waals surface area contributed by atoms with Crippen molar-refractivity contribution in [3.05, 3.63) is 54.1 Å². The number of carbonyl (C=O) groups is 1. The molecule has 0 saturated heterocycles. The van der Waals surface area contributed by atoms with Crippen molar-refractivity contribution < 1.29 is 14.6 Å². The highest BCUT2D eigenvalue weighted by atomic mass is 16.5. The molecule has 1 aromatic carbocycles. The van der Waals surface area contributed by atoms with Crippen molar-refractivity contribution in [1.82, 2.24) is 0 Å². The van der Waals surface area contributed by atoms with E-state index >= 15 is 0 Å². The molecular formula is C25H27NO3. The summed E-state index contributed by atoms with van der Waals surface area (Å²) >= 11 is 0. The molecule has 4 aliphatic carbocycles. The Balaban J connectivity index is 1.79. The molecule has 2 bridgehead atoms. The first-order valence-corrected chi connectivity index (χ1v) is 10.6. The zero-order valence-electron chi connectivity index (χ0n) is 17.0. The molecule has 150 valence electrons. The van der Waals surface area contributed by atoms with Crippen molar-refractivity contribution in [2.45, 2.75) is 50.0 Å². The van der Waals surface area contributed by atoms with Gasteiger partial charge < -0.3 is 9.84 Å². The number of fused-ring (bicyclic) bond motifs is 2. The molecule has 2 saturated carbocycles. The number of nitriles is 1. The molecule has 0 radical (unpaired) electrons. The Kier molecular flexibility index (Phi) is 3.75. The lowest BCUT2D eigenvalue weighted by Crippen LogP contribution is -2.53. The maximum Gasteiger partial charge on any atom is 0.160 e. The number of ketones is 1. The summed E-state index contributed by atoms with van der Waals surface area (Å²) < 4.78 is 5.36. The van der Waals surface area contributed by atoms with E-state index in [-0.39, 0.29) is 34.9 Å². The molecule has 0 aliphatic heterocycles. The van der Waals surface area contributed by atoms with E-state index in [4.69, 9.17) is 4.74 Å². The standard InChI is InChI=1S/C25H27NO3/c1-22-10-3-4-11-23(22)13-14-25(22,17-5-7-18(29-2)8-6-17)20-19(27)9-12-24(28,15-16-26)21(20)23/h5-9,12-14,20-21,28H,3-4,10-11,15H2,1-2H3/t20-,21+,22+,23-,24-,25-/m1/s1. The number of methoxy groups -OCH3 is 1. The molecule has 2 fully saturated rings. The Morgan fingerprint density at radius 3 is 2.59 bits per heavy atom. The Morgan fingerprint density at radius 1 is 1.17 bits per heavy atom. The highest BCUT2D eigenvalue weighted by Crippen LogP contribution is 2.80. The molecule has 1 aromatic rings. The SMILES string of the molecule is COc1ccc([C@@]23C=C[C@]4(CCCC[C@@]42C)[C@@H]2[C@H]3C(=O)C=C[C@@]2(O)CC#N)cc1. The number of hydrogen-bond donors (Lipinski definition) is 1. The van der Waals surface area contributed by atoms with Crippen LogP contribution in [-0.2, 0) is 10.2 Å². The van der Waals surface area contributed by atoms with Gasteiger partial charge in [0, 0.05) is 22.7 Å². The van der Waals surface area contributed by atoms with Gasteiger partial charge in [0.05, 0.1) is 19.6 Å². The lowest BCUT2D eigenvalue weighted by atomic mass is 9.52. The topological polar surface area (TPSA) is 70.3 Å². The fourth-order valence-corrected chi connectivity index (χ4v) is 7.65. The second-order valence-electron chi connectivity index (χ2n) is 9.53. The van der Waals surface area contributed by atoms with Crippen LogP contribution in [-0.4, -0.2) is 23.6 Å². The number of allylic oxidation sites excluding steroid dienone is 3. The molecule has 5 rings (SSSR count). The monoisotopic (exact) mass is 389 g/mol. The first-order chi connectivity index (χ1) is 13.9. The molecular weight excluding hydrogens is 362 g/mol. The second-order valence-corrected chi connectivity index (χ2v) is 9.53. The van der Waals surface area contributed by atoms with Gasteiger partial charge in [-0.2, -0.15) is 5.26 Å². The van der Waals surface area contributed by atoms with Crippen molar-refractivity contribution >= 4 is 5.78 Å². The van der Waals surface area contributed by atoms with Crippen molar-refractivity contribution in [3.63, 3.8) is 0 Å². The molecule has 4 nitrogen and oxygen atoms in total. The van der Waals surface area contributed by atoms with Gasteiger partial charge in [0.1, 0.15) is 11.4 Å². The van der Waals surface area contributed by atoms with Crippen LogP contribution in [0.4, 0.5) is 0 Å². The smallest absolute Gasteiger partial charge is 0.160 e. The lowest BCUT2D eigenvalue weighted by molar-refractivity contribution is -0.129. The molecule has 4 heteroatoms. The maximum atomic E-state index is 13.4. The van der Waals surface area contributed by atoms with Crippen LogP contribution in [0.1, 0.15) is 44.6 Å². The molecule has 0 heterocycles. The van der Waals surface area contributed by atoms with E-state index in [9.17, 15) is 15.2 Å². The number of carbonyl (C=O) groups excluding carboxylic acids is 1. The van der Waals surface area contributed by atoms with Gasteiger partial charge in [-0.15, -0.1) is 0 Å². The summed E-state index contributed by atoms with van der Waals surface area (Å²) in [5.41, 5.74) is -1.09. The number of aliphatic hydroxyl groups is 1. The Labute approximate surface area is 171 Å². The van der Waals surface area contributed by atoms with Crippen LogP contribution in [0.3, 0.4) is 0 Å². The van der Waals surface area contributed by atoms with Gasteiger partial charge in [0.25, 0.3) is 0 Å². The van der Waals surface area contributed by atoms with E-state index in [1.54, 1.807) is 13.2 Å². The highest BCUT2D eigenvalue weighted by molar-refractivity contribution is 5.96. The second kappa shape index (κ2) is 5.83. The summed E-state index contributed by atoms with van der Waals surface area (Å²) in [6.07, 6.45) is 11.9. The predicted octanol–water partition coefficient (Wildman–Crippen LogP) is 4.10. The molecule has 0 aromatic heterocycles. The zero-order valence-corrected chi connectivity index (χ0v) is 17.0. The van der Waals surface area contributed by atoms with Crippen molar-refractivity contribution in [1.29, 1.82) is 5.26 Å². The van der Waals surface area contributed by atoms with E-state index in [1.165, 1.54) is 6.08 Å². The first kappa shape index (κ1) is 18.6. The molecule has 29 heavy (non-hydrogen) atoms. The molecule has 0 spiro atoms. The fraction of sp³-hybridized carbons (Fsp3) is 0.520. The van der Waals surface area contributed by atoms with Crippen molar-refractivity contribution in [2.75, 3.05) is 7.11 Å². The van der Waals surface area contributed by atoms with Gasteiger partial charge >= 0.3 is 0 Å².